The highest BCUT2D eigenvalue weighted by Gasteiger charge is 2.39. The van der Waals surface area contributed by atoms with Crippen molar-refractivity contribution in [2.75, 3.05) is 7.05 Å². The lowest BCUT2D eigenvalue weighted by Gasteiger charge is -2.40. The fourth-order valence-electron chi connectivity index (χ4n) is 3.46. The van der Waals surface area contributed by atoms with Crippen LogP contribution in [0.3, 0.4) is 0 Å². The Kier molecular flexibility index (Phi) is 4.67. The van der Waals surface area contributed by atoms with E-state index in [1.165, 1.54) is 47.7 Å². The molecule has 19 heavy (non-hydrogen) atoms. The van der Waals surface area contributed by atoms with Crippen LogP contribution in [-0.4, -0.2) is 12.0 Å². The van der Waals surface area contributed by atoms with E-state index in [1.54, 1.807) is 0 Å². The summed E-state index contributed by atoms with van der Waals surface area (Å²) >= 11 is 1.89. The molecule has 0 radical (unpaired) electrons. The minimum Gasteiger partial charge on any atom is -0.308 e. The smallest absolute Gasteiger partial charge is 0.113 e. The van der Waals surface area contributed by atoms with Crippen molar-refractivity contribution in [3.05, 3.63) is 15.6 Å². The van der Waals surface area contributed by atoms with Crippen LogP contribution in [0, 0.1) is 25.7 Å². The molecule has 2 nitrogen and oxygen atoms in total. The Morgan fingerprint density at radius 3 is 2.68 bits per heavy atom. The first-order valence-corrected chi connectivity index (χ1v) is 8.42. The molecule has 1 aliphatic rings. The van der Waals surface area contributed by atoms with Gasteiger partial charge in [-0.25, -0.2) is 4.98 Å². The molecule has 0 aromatic carbocycles. The van der Waals surface area contributed by atoms with Crippen LogP contribution in [0.4, 0.5) is 0 Å². The zero-order valence-corrected chi connectivity index (χ0v) is 13.9. The van der Waals surface area contributed by atoms with E-state index in [-0.39, 0.29) is 5.54 Å². The molecule has 1 aromatic heterocycles. The molecule has 1 heterocycles. The SMILES string of the molecule is CNC1(c2nc(C)c(C)s2)CCCC(CC(C)C)C1. The van der Waals surface area contributed by atoms with Crippen LogP contribution in [-0.2, 0) is 5.54 Å². The predicted molar refractivity (Wildman–Crippen MR) is 83.7 cm³/mol. The lowest BCUT2D eigenvalue weighted by atomic mass is 9.73. The Labute approximate surface area is 122 Å². The number of rotatable bonds is 4. The molecule has 1 saturated carbocycles. The second-order valence-corrected chi connectivity index (χ2v) is 7.79. The van der Waals surface area contributed by atoms with Crippen molar-refractivity contribution in [2.45, 2.75) is 65.3 Å². The molecular weight excluding hydrogens is 252 g/mol. The van der Waals surface area contributed by atoms with Crippen molar-refractivity contribution in [1.29, 1.82) is 0 Å². The Morgan fingerprint density at radius 2 is 2.16 bits per heavy atom. The first kappa shape index (κ1) is 15.0. The van der Waals surface area contributed by atoms with Gasteiger partial charge in [0.15, 0.2) is 0 Å². The average Bonchev–Trinajstić information content (AvgIpc) is 2.69. The quantitative estimate of drug-likeness (QED) is 0.883. The van der Waals surface area contributed by atoms with E-state index in [0.29, 0.717) is 0 Å². The first-order valence-electron chi connectivity index (χ1n) is 7.60. The Bertz CT molecular complexity index is 405. The molecule has 2 unspecified atom stereocenters. The summed E-state index contributed by atoms with van der Waals surface area (Å²) in [4.78, 5) is 6.22. The number of aryl methyl sites for hydroxylation is 2. The van der Waals surface area contributed by atoms with Crippen LogP contribution in [0.2, 0.25) is 0 Å². The third kappa shape index (κ3) is 3.19. The van der Waals surface area contributed by atoms with Crippen molar-refractivity contribution in [3.8, 4) is 0 Å². The number of nitrogens with zero attached hydrogens (tertiary/aromatic N) is 1. The topological polar surface area (TPSA) is 24.9 Å². The van der Waals surface area contributed by atoms with Crippen LogP contribution in [0.15, 0.2) is 0 Å². The van der Waals surface area contributed by atoms with Gasteiger partial charge < -0.3 is 5.32 Å². The highest BCUT2D eigenvalue weighted by Crippen LogP contribution is 2.43. The lowest BCUT2D eigenvalue weighted by molar-refractivity contribution is 0.171. The average molecular weight is 280 g/mol. The molecule has 0 amide bonds. The maximum Gasteiger partial charge on any atom is 0.113 e. The molecule has 0 aliphatic heterocycles. The second-order valence-electron chi connectivity index (χ2n) is 6.58. The van der Waals surface area contributed by atoms with E-state index in [1.807, 2.05) is 11.3 Å². The number of aromatic nitrogens is 1. The highest BCUT2D eigenvalue weighted by molar-refractivity contribution is 7.11. The standard InChI is InChI=1S/C16H28N2S/c1-11(2)9-14-7-6-8-16(10-14,17-5)15-18-12(3)13(4)19-15/h11,14,17H,6-10H2,1-5H3. The maximum absolute atomic E-state index is 4.85. The van der Waals surface area contributed by atoms with Gasteiger partial charge in [0.2, 0.25) is 0 Å². The zero-order valence-electron chi connectivity index (χ0n) is 13.0. The van der Waals surface area contributed by atoms with Gasteiger partial charge in [-0.15, -0.1) is 11.3 Å². The van der Waals surface area contributed by atoms with Crippen molar-refractivity contribution in [1.82, 2.24) is 10.3 Å². The van der Waals surface area contributed by atoms with Crippen LogP contribution < -0.4 is 5.32 Å². The summed E-state index contributed by atoms with van der Waals surface area (Å²) < 4.78 is 0. The van der Waals surface area contributed by atoms with E-state index in [4.69, 9.17) is 4.98 Å². The van der Waals surface area contributed by atoms with E-state index >= 15 is 0 Å². The van der Waals surface area contributed by atoms with Gasteiger partial charge >= 0.3 is 0 Å². The van der Waals surface area contributed by atoms with Gasteiger partial charge in [-0.2, -0.15) is 0 Å². The summed E-state index contributed by atoms with van der Waals surface area (Å²) in [6.07, 6.45) is 6.58. The van der Waals surface area contributed by atoms with Gasteiger partial charge in [-0.3, -0.25) is 0 Å². The fourth-order valence-corrected chi connectivity index (χ4v) is 4.61. The Morgan fingerprint density at radius 1 is 1.42 bits per heavy atom. The van der Waals surface area contributed by atoms with Gasteiger partial charge in [0.1, 0.15) is 5.01 Å². The summed E-state index contributed by atoms with van der Waals surface area (Å²) in [6.45, 7) is 9.00. The molecule has 108 valence electrons. The van der Waals surface area contributed by atoms with Crippen LogP contribution in [0.1, 0.15) is 61.5 Å². The van der Waals surface area contributed by atoms with E-state index in [0.717, 1.165) is 11.8 Å². The number of hydrogen-bond donors (Lipinski definition) is 1. The van der Waals surface area contributed by atoms with E-state index in [2.05, 4.69) is 40.1 Å². The van der Waals surface area contributed by atoms with Crippen molar-refractivity contribution < 1.29 is 0 Å². The van der Waals surface area contributed by atoms with Gasteiger partial charge in [-0.05, 0) is 52.0 Å². The van der Waals surface area contributed by atoms with Crippen molar-refractivity contribution >= 4 is 11.3 Å². The molecule has 2 rings (SSSR count). The van der Waals surface area contributed by atoms with Crippen LogP contribution in [0.5, 0.6) is 0 Å². The molecular formula is C16H28N2S. The molecule has 0 saturated heterocycles. The minimum absolute atomic E-state index is 0.140. The monoisotopic (exact) mass is 280 g/mol. The largest absolute Gasteiger partial charge is 0.308 e. The molecule has 3 heteroatoms. The van der Waals surface area contributed by atoms with Crippen molar-refractivity contribution in [2.24, 2.45) is 11.8 Å². The normalized spacial score (nSPS) is 28.0. The Balaban J connectivity index is 2.21. The van der Waals surface area contributed by atoms with Crippen LogP contribution >= 0.6 is 11.3 Å². The van der Waals surface area contributed by atoms with Gasteiger partial charge in [0, 0.05) is 4.88 Å². The first-order chi connectivity index (χ1) is 8.97. The second kappa shape index (κ2) is 5.92. The Hall–Kier alpha value is -0.410. The fraction of sp³-hybridized carbons (Fsp3) is 0.812. The minimum atomic E-state index is 0.140. The van der Waals surface area contributed by atoms with E-state index < -0.39 is 0 Å². The van der Waals surface area contributed by atoms with E-state index in [9.17, 15) is 0 Å². The summed E-state index contributed by atoms with van der Waals surface area (Å²) in [5.74, 6) is 1.66. The summed E-state index contributed by atoms with van der Waals surface area (Å²) in [6, 6.07) is 0. The molecule has 1 fully saturated rings. The van der Waals surface area contributed by atoms with Gasteiger partial charge in [-0.1, -0.05) is 26.7 Å². The molecule has 0 bridgehead atoms. The van der Waals surface area contributed by atoms with Crippen molar-refractivity contribution in [3.63, 3.8) is 0 Å². The zero-order chi connectivity index (χ0) is 14.0. The molecule has 2 atom stereocenters. The number of thiazole rings is 1. The third-order valence-corrected chi connectivity index (χ3v) is 5.85. The molecule has 0 spiro atoms. The number of hydrogen-bond acceptors (Lipinski definition) is 3. The molecule has 1 aliphatic carbocycles. The van der Waals surface area contributed by atoms with Crippen LogP contribution in [0.25, 0.3) is 0 Å². The predicted octanol–water partition coefficient (Wildman–Crippen LogP) is 4.41. The summed E-state index contributed by atoms with van der Waals surface area (Å²) in [5.41, 5.74) is 1.35. The lowest BCUT2D eigenvalue weighted by Crippen LogP contribution is -2.44. The molecule has 1 N–H and O–H groups in total. The number of nitrogens with one attached hydrogen (secondary N) is 1. The molecule has 1 aromatic rings. The summed E-state index contributed by atoms with van der Waals surface area (Å²) in [5, 5.41) is 4.94. The van der Waals surface area contributed by atoms with Gasteiger partial charge in [0.25, 0.3) is 0 Å². The maximum atomic E-state index is 4.85. The highest BCUT2D eigenvalue weighted by atomic mass is 32.1. The van der Waals surface area contributed by atoms with Gasteiger partial charge in [0.05, 0.1) is 11.2 Å². The summed E-state index contributed by atoms with van der Waals surface area (Å²) in [7, 11) is 2.11. The third-order valence-electron chi connectivity index (χ3n) is 4.57.